The molecule has 2 saturated heterocycles. The van der Waals surface area contributed by atoms with Crippen LogP contribution in [0.5, 0.6) is 5.75 Å². The van der Waals surface area contributed by atoms with Gasteiger partial charge in [0, 0.05) is 24.7 Å². The number of carbonyl (C=O) groups is 1. The second kappa shape index (κ2) is 9.30. The third kappa shape index (κ3) is 5.39. The number of nitrogens with zero attached hydrogens (tertiary/aromatic N) is 2. The second-order valence-corrected chi connectivity index (χ2v) is 8.31. The molecular weight excluding hydrogens is 405 g/mol. The lowest BCUT2D eigenvalue weighted by Crippen LogP contribution is -2.42. The number of ether oxygens (including phenoxy) is 1. The van der Waals surface area contributed by atoms with E-state index in [1.54, 1.807) is 24.3 Å². The highest BCUT2D eigenvalue weighted by molar-refractivity contribution is 5.94. The van der Waals surface area contributed by atoms with Crippen molar-refractivity contribution in [1.29, 1.82) is 0 Å². The summed E-state index contributed by atoms with van der Waals surface area (Å²) >= 11 is 0. The molecule has 2 heterocycles. The highest BCUT2D eigenvalue weighted by atomic mass is 19.4. The van der Waals surface area contributed by atoms with Crippen molar-refractivity contribution in [3.05, 3.63) is 65.2 Å². The van der Waals surface area contributed by atoms with Crippen LogP contribution in [0.25, 0.3) is 0 Å². The quantitative estimate of drug-likeness (QED) is 0.645. The molecule has 0 spiro atoms. The third-order valence-corrected chi connectivity index (χ3v) is 6.09. The molecule has 2 aliphatic rings. The SMILES string of the molecule is O=C(c1ccc(OCc2ccc(C(F)(F)F)cc2)cc1)N1CCCC1CN1CCCC1. The van der Waals surface area contributed by atoms with E-state index in [1.807, 2.05) is 4.90 Å². The molecule has 166 valence electrons. The maximum atomic E-state index is 13.0. The zero-order valence-electron chi connectivity index (χ0n) is 17.4. The molecule has 31 heavy (non-hydrogen) atoms. The van der Waals surface area contributed by atoms with Gasteiger partial charge in [-0.2, -0.15) is 13.2 Å². The average Bonchev–Trinajstić information content (AvgIpc) is 3.44. The highest BCUT2D eigenvalue weighted by Gasteiger charge is 2.31. The van der Waals surface area contributed by atoms with Crippen LogP contribution in [0.1, 0.15) is 47.2 Å². The number of hydrogen-bond donors (Lipinski definition) is 0. The minimum absolute atomic E-state index is 0.0518. The Balaban J connectivity index is 1.32. The van der Waals surface area contributed by atoms with Gasteiger partial charge in [-0.1, -0.05) is 12.1 Å². The Morgan fingerprint density at radius 2 is 1.61 bits per heavy atom. The van der Waals surface area contributed by atoms with Gasteiger partial charge in [-0.15, -0.1) is 0 Å². The summed E-state index contributed by atoms with van der Waals surface area (Å²) in [6.07, 6.45) is 0.239. The summed E-state index contributed by atoms with van der Waals surface area (Å²) in [5.41, 5.74) is 0.606. The first kappa shape index (κ1) is 21.7. The minimum Gasteiger partial charge on any atom is -0.489 e. The number of likely N-dealkylation sites (tertiary alicyclic amines) is 2. The van der Waals surface area contributed by atoms with Crippen molar-refractivity contribution in [1.82, 2.24) is 9.80 Å². The zero-order valence-corrected chi connectivity index (χ0v) is 17.4. The van der Waals surface area contributed by atoms with Crippen molar-refractivity contribution < 1.29 is 22.7 Å². The molecule has 0 aromatic heterocycles. The molecular formula is C24H27F3N2O2. The normalized spacial score (nSPS) is 19.7. The molecule has 2 aromatic carbocycles. The van der Waals surface area contributed by atoms with Gasteiger partial charge < -0.3 is 14.5 Å². The summed E-state index contributed by atoms with van der Waals surface area (Å²) in [5.74, 6) is 0.627. The molecule has 2 aliphatic heterocycles. The van der Waals surface area contributed by atoms with Gasteiger partial charge >= 0.3 is 6.18 Å². The van der Waals surface area contributed by atoms with E-state index in [9.17, 15) is 18.0 Å². The van der Waals surface area contributed by atoms with Crippen LogP contribution < -0.4 is 4.74 Å². The number of halogens is 3. The Morgan fingerprint density at radius 3 is 2.26 bits per heavy atom. The summed E-state index contributed by atoms with van der Waals surface area (Å²) in [5, 5.41) is 0. The number of alkyl halides is 3. The van der Waals surface area contributed by atoms with E-state index < -0.39 is 11.7 Å². The number of benzene rings is 2. The van der Waals surface area contributed by atoms with Crippen molar-refractivity contribution in [3.63, 3.8) is 0 Å². The number of carbonyl (C=O) groups excluding carboxylic acids is 1. The third-order valence-electron chi connectivity index (χ3n) is 6.09. The first-order valence-corrected chi connectivity index (χ1v) is 10.8. The van der Waals surface area contributed by atoms with Gasteiger partial charge in [0.05, 0.1) is 5.56 Å². The van der Waals surface area contributed by atoms with Crippen molar-refractivity contribution in [3.8, 4) is 5.75 Å². The largest absolute Gasteiger partial charge is 0.489 e. The van der Waals surface area contributed by atoms with E-state index in [2.05, 4.69) is 4.90 Å². The Kier molecular flexibility index (Phi) is 6.51. The summed E-state index contributed by atoms with van der Waals surface area (Å²) in [7, 11) is 0. The number of rotatable bonds is 6. The topological polar surface area (TPSA) is 32.8 Å². The molecule has 4 rings (SSSR count). The predicted molar refractivity (Wildman–Crippen MR) is 112 cm³/mol. The lowest BCUT2D eigenvalue weighted by atomic mass is 10.1. The monoisotopic (exact) mass is 432 g/mol. The fraction of sp³-hybridized carbons (Fsp3) is 0.458. The molecule has 4 nitrogen and oxygen atoms in total. The Labute approximate surface area is 180 Å². The van der Waals surface area contributed by atoms with Crippen LogP contribution in [0.4, 0.5) is 13.2 Å². The van der Waals surface area contributed by atoms with Gasteiger partial charge in [-0.25, -0.2) is 0 Å². The van der Waals surface area contributed by atoms with Crippen LogP contribution in [0.3, 0.4) is 0 Å². The van der Waals surface area contributed by atoms with E-state index in [-0.39, 0.29) is 18.6 Å². The van der Waals surface area contributed by atoms with E-state index >= 15 is 0 Å². The highest BCUT2D eigenvalue weighted by Crippen LogP contribution is 2.29. The van der Waals surface area contributed by atoms with E-state index in [0.717, 1.165) is 51.2 Å². The minimum atomic E-state index is -4.34. The van der Waals surface area contributed by atoms with E-state index in [4.69, 9.17) is 4.74 Å². The second-order valence-electron chi connectivity index (χ2n) is 8.31. The molecule has 0 radical (unpaired) electrons. The molecule has 2 aromatic rings. The first-order valence-electron chi connectivity index (χ1n) is 10.8. The Bertz CT molecular complexity index is 875. The lowest BCUT2D eigenvalue weighted by Gasteiger charge is -2.28. The Morgan fingerprint density at radius 1 is 0.935 bits per heavy atom. The van der Waals surface area contributed by atoms with E-state index in [1.165, 1.54) is 25.0 Å². The molecule has 0 saturated carbocycles. The maximum absolute atomic E-state index is 13.0. The summed E-state index contributed by atoms with van der Waals surface area (Å²) in [6, 6.07) is 12.2. The van der Waals surface area contributed by atoms with Crippen LogP contribution in [0.2, 0.25) is 0 Å². The van der Waals surface area contributed by atoms with Crippen LogP contribution in [0, 0.1) is 0 Å². The van der Waals surface area contributed by atoms with Gasteiger partial charge in [0.25, 0.3) is 5.91 Å². The average molecular weight is 432 g/mol. The molecule has 0 bridgehead atoms. The first-order chi connectivity index (χ1) is 14.9. The number of amides is 1. The zero-order chi connectivity index (χ0) is 21.8. The van der Waals surface area contributed by atoms with E-state index in [0.29, 0.717) is 16.9 Å². The smallest absolute Gasteiger partial charge is 0.416 e. The molecule has 1 amide bonds. The summed E-state index contributed by atoms with van der Waals surface area (Å²) in [6.45, 7) is 4.17. The van der Waals surface area contributed by atoms with Gasteiger partial charge in [-0.05, 0) is 80.7 Å². The maximum Gasteiger partial charge on any atom is 0.416 e. The molecule has 0 aliphatic carbocycles. The molecule has 1 atom stereocenters. The summed E-state index contributed by atoms with van der Waals surface area (Å²) < 4.78 is 43.6. The van der Waals surface area contributed by atoms with Crippen molar-refractivity contribution >= 4 is 5.91 Å². The van der Waals surface area contributed by atoms with Crippen LogP contribution >= 0.6 is 0 Å². The van der Waals surface area contributed by atoms with Gasteiger partial charge in [0.2, 0.25) is 0 Å². The van der Waals surface area contributed by atoms with Crippen molar-refractivity contribution in [2.24, 2.45) is 0 Å². The fourth-order valence-electron chi connectivity index (χ4n) is 4.37. The van der Waals surface area contributed by atoms with Gasteiger partial charge in [0.15, 0.2) is 0 Å². The van der Waals surface area contributed by atoms with Gasteiger partial charge in [-0.3, -0.25) is 4.79 Å². The lowest BCUT2D eigenvalue weighted by molar-refractivity contribution is -0.137. The van der Waals surface area contributed by atoms with Crippen molar-refractivity contribution in [2.75, 3.05) is 26.2 Å². The van der Waals surface area contributed by atoms with Crippen LogP contribution in [-0.2, 0) is 12.8 Å². The van der Waals surface area contributed by atoms with Gasteiger partial charge in [0.1, 0.15) is 12.4 Å². The fourth-order valence-corrected chi connectivity index (χ4v) is 4.37. The number of hydrogen-bond acceptors (Lipinski definition) is 3. The van der Waals surface area contributed by atoms with Crippen LogP contribution in [0.15, 0.2) is 48.5 Å². The Hall–Kier alpha value is -2.54. The standard InChI is InChI=1S/C24H27F3N2O2/c25-24(26,27)20-9-5-18(6-10-20)17-31-22-11-7-19(8-12-22)23(30)29-15-3-4-21(29)16-28-13-1-2-14-28/h5-12,21H,1-4,13-17H2. The molecule has 2 fully saturated rings. The van der Waals surface area contributed by atoms with Crippen LogP contribution in [-0.4, -0.2) is 47.9 Å². The predicted octanol–water partition coefficient (Wildman–Crippen LogP) is 4.98. The molecule has 1 unspecified atom stereocenters. The summed E-state index contributed by atoms with van der Waals surface area (Å²) in [4.78, 5) is 17.5. The van der Waals surface area contributed by atoms with Crippen molar-refractivity contribution in [2.45, 2.75) is 44.5 Å². The molecule has 0 N–H and O–H groups in total. The molecule has 7 heteroatoms.